The minimum Gasteiger partial charge on any atom is -0.396 e. The fourth-order valence-electron chi connectivity index (χ4n) is 3.34. The Hall–Kier alpha value is -0.570. The third kappa shape index (κ3) is 6.37. The van der Waals surface area contributed by atoms with Gasteiger partial charge in [-0.3, -0.25) is 4.79 Å². The first-order valence-electron chi connectivity index (χ1n) is 8.54. The molecule has 1 rings (SSSR count). The topological polar surface area (TPSA) is 49.3 Å². The van der Waals surface area contributed by atoms with Gasteiger partial charge in [0.1, 0.15) is 0 Å². The van der Waals surface area contributed by atoms with Gasteiger partial charge >= 0.3 is 0 Å². The normalized spacial score (nSPS) is 23.9. The molecule has 0 aromatic carbocycles. The van der Waals surface area contributed by atoms with Crippen molar-refractivity contribution in [2.75, 3.05) is 13.2 Å². The van der Waals surface area contributed by atoms with E-state index in [1.165, 1.54) is 12.8 Å². The molecule has 1 amide bonds. The van der Waals surface area contributed by atoms with Crippen molar-refractivity contribution in [1.29, 1.82) is 0 Å². The van der Waals surface area contributed by atoms with Crippen molar-refractivity contribution in [2.24, 2.45) is 22.7 Å². The molecule has 21 heavy (non-hydrogen) atoms. The molecule has 1 aliphatic rings. The van der Waals surface area contributed by atoms with E-state index in [-0.39, 0.29) is 23.8 Å². The van der Waals surface area contributed by atoms with Gasteiger partial charge in [-0.05, 0) is 55.3 Å². The third-order valence-electron chi connectivity index (χ3n) is 5.08. The highest BCUT2D eigenvalue weighted by Gasteiger charge is 2.32. The fraction of sp³-hybridized carbons (Fsp3) is 0.944. The van der Waals surface area contributed by atoms with Gasteiger partial charge in [-0.1, -0.05) is 34.6 Å². The minimum atomic E-state index is 0.0704. The summed E-state index contributed by atoms with van der Waals surface area (Å²) < 4.78 is 0. The van der Waals surface area contributed by atoms with Crippen LogP contribution in [0.4, 0.5) is 0 Å². The van der Waals surface area contributed by atoms with Gasteiger partial charge in [-0.2, -0.15) is 0 Å². The lowest BCUT2D eigenvalue weighted by Gasteiger charge is -2.36. The van der Waals surface area contributed by atoms with E-state index in [0.29, 0.717) is 12.0 Å². The maximum atomic E-state index is 12.3. The monoisotopic (exact) mass is 297 g/mol. The fourth-order valence-corrected chi connectivity index (χ4v) is 3.34. The van der Waals surface area contributed by atoms with Crippen molar-refractivity contribution >= 4 is 5.91 Å². The molecule has 0 heterocycles. The van der Waals surface area contributed by atoms with Crippen LogP contribution in [-0.2, 0) is 4.79 Å². The number of hydrogen-bond donors (Lipinski definition) is 2. The Morgan fingerprint density at radius 1 is 1.10 bits per heavy atom. The standard InChI is InChI=1S/C18H35NO2/c1-17(2,3)15-9-7-14(8-10-15)16(21)19-13-18(4,5)11-6-12-20/h14-15,20H,6-13H2,1-5H3,(H,19,21). The van der Waals surface area contributed by atoms with Crippen LogP contribution < -0.4 is 5.32 Å². The smallest absolute Gasteiger partial charge is 0.223 e. The number of aliphatic hydroxyl groups is 1. The van der Waals surface area contributed by atoms with Crippen LogP contribution >= 0.6 is 0 Å². The molecule has 0 aromatic heterocycles. The largest absolute Gasteiger partial charge is 0.396 e. The molecule has 3 heteroatoms. The first-order chi connectivity index (χ1) is 9.65. The minimum absolute atomic E-state index is 0.0704. The highest BCUT2D eigenvalue weighted by Crippen LogP contribution is 2.39. The summed E-state index contributed by atoms with van der Waals surface area (Å²) in [4.78, 5) is 12.3. The Kier molecular flexibility index (Phi) is 6.71. The van der Waals surface area contributed by atoms with E-state index < -0.39 is 0 Å². The molecule has 0 atom stereocenters. The Balaban J connectivity index is 2.34. The van der Waals surface area contributed by atoms with E-state index in [9.17, 15) is 4.79 Å². The average Bonchev–Trinajstić information content (AvgIpc) is 2.42. The Labute approximate surface area is 130 Å². The second kappa shape index (κ2) is 7.62. The molecule has 1 saturated carbocycles. The number of hydrogen-bond acceptors (Lipinski definition) is 2. The SMILES string of the molecule is CC(C)(CCCO)CNC(=O)C1CCC(C(C)(C)C)CC1. The quantitative estimate of drug-likeness (QED) is 0.784. The van der Waals surface area contributed by atoms with Crippen LogP contribution in [0.25, 0.3) is 0 Å². The first-order valence-corrected chi connectivity index (χ1v) is 8.54. The molecule has 2 N–H and O–H groups in total. The van der Waals surface area contributed by atoms with Gasteiger partial charge < -0.3 is 10.4 Å². The summed E-state index contributed by atoms with van der Waals surface area (Å²) in [6.45, 7) is 12.2. The average molecular weight is 297 g/mol. The molecule has 3 nitrogen and oxygen atoms in total. The number of nitrogens with one attached hydrogen (secondary N) is 1. The van der Waals surface area contributed by atoms with Crippen LogP contribution in [-0.4, -0.2) is 24.2 Å². The number of rotatable bonds is 6. The molecule has 0 bridgehead atoms. The van der Waals surface area contributed by atoms with Crippen molar-refractivity contribution in [3.05, 3.63) is 0 Å². The van der Waals surface area contributed by atoms with E-state index in [1.54, 1.807) is 0 Å². The summed E-state index contributed by atoms with van der Waals surface area (Å²) in [6.07, 6.45) is 6.17. The summed E-state index contributed by atoms with van der Waals surface area (Å²) in [5.74, 6) is 1.19. The molecule has 0 radical (unpaired) electrons. The second-order valence-corrected chi connectivity index (χ2v) is 8.62. The lowest BCUT2D eigenvalue weighted by molar-refractivity contribution is -0.127. The van der Waals surface area contributed by atoms with E-state index in [1.807, 2.05) is 0 Å². The molecule has 0 saturated heterocycles. The second-order valence-electron chi connectivity index (χ2n) is 8.62. The predicted molar refractivity (Wildman–Crippen MR) is 88.0 cm³/mol. The molecule has 1 fully saturated rings. The van der Waals surface area contributed by atoms with Crippen molar-refractivity contribution < 1.29 is 9.90 Å². The molecule has 124 valence electrons. The number of carbonyl (C=O) groups is 1. The van der Waals surface area contributed by atoms with Crippen LogP contribution in [0.5, 0.6) is 0 Å². The summed E-state index contributed by atoms with van der Waals surface area (Å²) >= 11 is 0. The summed E-state index contributed by atoms with van der Waals surface area (Å²) in [6, 6.07) is 0. The number of carbonyl (C=O) groups excluding carboxylic acids is 1. The molecule has 0 unspecified atom stereocenters. The van der Waals surface area contributed by atoms with Gasteiger partial charge in [-0.25, -0.2) is 0 Å². The molecular weight excluding hydrogens is 262 g/mol. The van der Waals surface area contributed by atoms with E-state index in [2.05, 4.69) is 39.9 Å². The van der Waals surface area contributed by atoms with Crippen LogP contribution in [0.15, 0.2) is 0 Å². The van der Waals surface area contributed by atoms with Gasteiger partial charge in [0, 0.05) is 19.1 Å². The molecule has 0 aliphatic heterocycles. The van der Waals surface area contributed by atoms with Gasteiger partial charge in [0.15, 0.2) is 0 Å². The molecule has 0 aromatic rings. The van der Waals surface area contributed by atoms with Gasteiger partial charge in [0.2, 0.25) is 5.91 Å². The zero-order valence-corrected chi connectivity index (χ0v) is 14.7. The van der Waals surface area contributed by atoms with Crippen LogP contribution in [0, 0.1) is 22.7 Å². The maximum Gasteiger partial charge on any atom is 0.223 e. The number of amides is 1. The highest BCUT2D eigenvalue weighted by molar-refractivity contribution is 5.78. The molecule has 0 spiro atoms. The zero-order valence-electron chi connectivity index (χ0n) is 14.7. The molecular formula is C18H35NO2. The van der Waals surface area contributed by atoms with Crippen LogP contribution in [0.1, 0.15) is 73.1 Å². The Bertz CT molecular complexity index is 323. The Morgan fingerprint density at radius 2 is 1.67 bits per heavy atom. The van der Waals surface area contributed by atoms with Crippen molar-refractivity contribution in [3.63, 3.8) is 0 Å². The van der Waals surface area contributed by atoms with Crippen molar-refractivity contribution in [1.82, 2.24) is 5.32 Å². The number of aliphatic hydroxyl groups excluding tert-OH is 1. The van der Waals surface area contributed by atoms with E-state index in [4.69, 9.17) is 5.11 Å². The third-order valence-corrected chi connectivity index (χ3v) is 5.08. The van der Waals surface area contributed by atoms with Crippen molar-refractivity contribution in [2.45, 2.75) is 73.1 Å². The van der Waals surface area contributed by atoms with Gasteiger partial charge in [0.05, 0.1) is 0 Å². The van der Waals surface area contributed by atoms with E-state index >= 15 is 0 Å². The first kappa shape index (κ1) is 18.5. The van der Waals surface area contributed by atoms with E-state index in [0.717, 1.165) is 31.6 Å². The van der Waals surface area contributed by atoms with Crippen LogP contribution in [0.2, 0.25) is 0 Å². The summed E-state index contributed by atoms with van der Waals surface area (Å²) in [5, 5.41) is 12.0. The zero-order chi connectivity index (χ0) is 16.1. The maximum absolute atomic E-state index is 12.3. The molecule has 1 aliphatic carbocycles. The van der Waals surface area contributed by atoms with Crippen molar-refractivity contribution in [3.8, 4) is 0 Å². The lowest BCUT2D eigenvalue weighted by Crippen LogP contribution is -2.39. The van der Waals surface area contributed by atoms with Gasteiger partial charge in [-0.15, -0.1) is 0 Å². The predicted octanol–water partition coefficient (Wildman–Crippen LogP) is 3.75. The van der Waals surface area contributed by atoms with Crippen LogP contribution in [0.3, 0.4) is 0 Å². The lowest BCUT2D eigenvalue weighted by atomic mass is 9.69. The Morgan fingerprint density at radius 3 is 2.14 bits per heavy atom. The highest BCUT2D eigenvalue weighted by atomic mass is 16.2. The summed E-state index contributed by atoms with van der Waals surface area (Å²) in [7, 11) is 0. The summed E-state index contributed by atoms with van der Waals surface area (Å²) in [5.41, 5.74) is 0.439. The van der Waals surface area contributed by atoms with Gasteiger partial charge in [0.25, 0.3) is 0 Å².